The first-order chi connectivity index (χ1) is 6.25. The molecule has 1 rings (SSSR count). The van der Waals surface area contributed by atoms with E-state index in [-0.39, 0.29) is 5.15 Å². The number of halogens is 4. The molecule has 0 atom stereocenters. The third kappa shape index (κ3) is 1.98. The van der Waals surface area contributed by atoms with Crippen LogP contribution in [0.3, 0.4) is 0 Å². The third-order valence-electron chi connectivity index (χ3n) is 1.32. The molecule has 8 heteroatoms. The fourth-order valence-corrected chi connectivity index (χ4v) is 1.47. The Labute approximate surface area is 82.4 Å². The molecule has 0 saturated carbocycles. The van der Waals surface area contributed by atoms with E-state index in [9.17, 15) is 21.6 Å². The average Bonchev–Trinajstić information content (AvgIpc) is 2.03. The molecule has 0 aliphatic heterocycles. The molecule has 0 bridgehead atoms. The van der Waals surface area contributed by atoms with Crippen molar-refractivity contribution in [1.29, 1.82) is 0 Å². The zero-order valence-electron chi connectivity index (χ0n) is 6.42. The minimum Gasteiger partial charge on any atom is -0.243 e. The van der Waals surface area contributed by atoms with Gasteiger partial charge in [-0.3, -0.25) is 0 Å². The summed E-state index contributed by atoms with van der Waals surface area (Å²) in [4.78, 5) is 2.32. The van der Waals surface area contributed by atoms with Gasteiger partial charge < -0.3 is 0 Å². The van der Waals surface area contributed by atoms with Gasteiger partial charge in [0.05, 0.1) is 4.90 Å². The highest BCUT2D eigenvalue weighted by Crippen LogP contribution is 2.29. The minimum atomic E-state index is -5.32. The fraction of sp³-hybridized carbons (Fsp3) is 0.167. The second-order valence-corrected chi connectivity index (χ2v) is 4.59. The minimum absolute atomic E-state index is 0.0777. The van der Waals surface area contributed by atoms with E-state index in [1.165, 1.54) is 0 Å². The number of hydrogen-bond donors (Lipinski definition) is 0. The molecule has 0 N–H and O–H groups in total. The maximum atomic E-state index is 12.0. The molecule has 0 amide bonds. The Morgan fingerprint density at radius 2 is 1.86 bits per heavy atom. The summed E-state index contributed by atoms with van der Waals surface area (Å²) < 4.78 is 57.4. The molecule has 0 radical (unpaired) electrons. The maximum absolute atomic E-state index is 12.0. The number of aromatic nitrogens is 1. The van der Waals surface area contributed by atoms with Crippen LogP contribution in [-0.4, -0.2) is 18.9 Å². The number of alkyl halides is 3. The average molecular weight is 246 g/mol. The Morgan fingerprint density at radius 1 is 1.29 bits per heavy atom. The Bertz CT molecular complexity index is 425. The summed E-state index contributed by atoms with van der Waals surface area (Å²) in [5.41, 5.74) is -5.32. The standard InChI is InChI=1S/C6H3ClF3NO2S/c7-5-2-1-4(3-11-5)14(12,13)6(8,9)10/h1-3H. The van der Waals surface area contributed by atoms with Crippen molar-refractivity contribution in [1.82, 2.24) is 4.98 Å². The lowest BCUT2D eigenvalue weighted by atomic mass is 10.5. The summed E-state index contributed by atoms with van der Waals surface area (Å²) >= 11 is 5.29. The predicted octanol–water partition coefficient (Wildman–Crippen LogP) is 2.03. The van der Waals surface area contributed by atoms with Gasteiger partial charge in [-0.1, -0.05) is 11.6 Å². The number of hydrogen-bond acceptors (Lipinski definition) is 3. The lowest BCUT2D eigenvalue weighted by Crippen LogP contribution is -2.23. The molecule has 14 heavy (non-hydrogen) atoms. The van der Waals surface area contributed by atoms with Gasteiger partial charge in [0.25, 0.3) is 9.84 Å². The highest BCUT2D eigenvalue weighted by atomic mass is 35.5. The first-order valence-electron chi connectivity index (χ1n) is 3.18. The van der Waals surface area contributed by atoms with Gasteiger partial charge in [0, 0.05) is 6.20 Å². The predicted molar refractivity (Wildman–Crippen MR) is 42.5 cm³/mol. The van der Waals surface area contributed by atoms with Crippen molar-refractivity contribution in [3.05, 3.63) is 23.5 Å². The summed E-state index contributed by atoms with van der Waals surface area (Å²) in [6.07, 6.45) is 0.561. The van der Waals surface area contributed by atoms with E-state index in [4.69, 9.17) is 11.6 Å². The van der Waals surface area contributed by atoms with Crippen molar-refractivity contribution >= 4 is 21.4 Å². The number of rotatable bonds is 1. The van der Waals surface area contributed by atoms with E-state index in [2.05, 4.69) is 4.98 Å². The van der Waals surface area contributed by atoms with Gasteiger partial charge in [-0.25, -0.2) is 13.4 Å². The van der Waals surface area contributed by atoms with Crippen LogP contribution < -0.4 is 0 Å². The molecule has 0 aromatic carbocycles. The van der Waals surface area contributed by atoms with Crippen LogP contribution in [0.5, 0.6) is 0 Å². The molecule has 0 aliphatic rings. The molecule has 0 fully saturated rings. The normalized spacial score (nSPS) is 12.9. The molecule has 0 unspecified atom stereocenters. The van der Waals surface area contributed by atoms with Gasteiger partial charge in [0.15, 0.2) is 0 Å². The van der Waals surface area contributed by atoms with E-state index < -0.39 is 20.2 Å². The van der Waals surface area contributed by atoms with Crippen LogP contribution in [0.15, 0.2) is 23.2 Å². The maximum Gasteiger partial charge on any atom is 0.501 e. The van der Waals surface area contributed by atoms with Crippen LogP contribution in [0, 0.1) is 0 Å². The van der Waals surface area contributed by atoms with Gasteiger partial charge in [0.2, 0.25) is 0 Å². The van der Waals surface area contributed by atoms with Gasteiger partial charge >= 0.3 is 5.51 Å². The zero-order chi connectivity index (χ0) is 11.0. The van der Waals surface area contributed by atoms with E-state index in [1.54, 1.807) is 0 Å². The van der Waals surface area contributed by atoms with Crippen LogP contribution in [0.1, 0.15) is 0 Å². The largest absolute Gasteiger partial charge is 0.501 e. The van der Waals surface area contributed by atoms with Gasteiger partial charge in [-0.15, -0.1) is 0 Å². The summed E-state index contributed by atoms with van der Waals surface area (Å²) in [7, 11) is -5.31. The fourth-order valence-electron chi connectivity index (χ4n) is 0.655. The molecule has 0 aliphatic carbocycles. The molecule has 1 aromatic rings. The van der Waals surface area contributed by atoms with E-state index in [0.717, 1.165) is 12.1 Å². The summed E-state index contributed by atoms with van der Waals surface area (Å²) in [6.45, 7) is 0. The Morgan fingerprint density at radius 3 is 2.21 bits per heavy atom. The van der Waals surface area contributed by atoms with Crippen molar-refractivity contribution in [3.8, 4) is 0 Å². The molecule has 1 aromatic heterocycles. The van der Waals surface area contributed by atoms with Gasteiger partial charge in [-0.2, -0.15) is 13.2 Å². The highest BCUT2D eigenvalue weighted by Gasteiger charge is 2.46. The van der Waals surface area contributed by atoms with Crippen molar-refractivity contribution in [3.63, 3.8) is 0 Å². The van der Waals surface area contributed by atoms with Crippen LogP contribution in [0.25, 0.3) is 0 Å². The summed E-state index contributed by atoms with van der Waals surface area (Å²) in [5.74, 6) is 0. The van der Waals surface area contributed by atoms with Crippen molar-refractivity contribution in [2.45, 2.75) is 10.4 Å². The van der Waals surface area contributed by atoms with Gasteiger partial charge in [-0.05, 0) is 12.1 Å². The molecule has 3 nitrogen and oxygen atoms in total. The van der Waals surface area contributed by atoms with E-state index >= 15 is 0 Å². The van der Waals surface area contributed by atoms with Crippen molar-refractivity contribution < 1.29 is 21.6 Å². The molecule has 78 valence electrons. The van der Waals surface area contributed by atoms with E-state index in [1.807, 2.05) is 0 Å². The first kappa shape index (κ1) is 11.3. The molecular weight excluding hydrogens is 243 g/mol. The second kappa shape index (κ2) is 3.39. The van der Waals surface area contributed by atoms with Crippen LogP contribution in [0.2, 0.25) is 5.15 Å². The molecule has 0 spiro atoms. The SMILES string of the molecule is O=S(=O)(c1ccc(Cl)nc1)C(F)(F)F. The quantitative estimate of drug-likeness (QED) is 0.711. The zero-order valence-corrected chi connectivity index (χ0v) is 7.99. The highest BCUT2D eigenvalue weighted by molar-refractivity contribution is 7.92. The van der Waals surface area contributed by atoms with Crippen LogP contribution in [0.4, 0.5) is 13.2 Å². The summed E-state index contributed by atoms with van der Waals surface area (Å²) in [6, 6.07) is 1.72. The number of sulfone groups is 1. The van der Waals surface area contributed by atoms with Gasteiger partial charge in [0.1, 0.15) is 5.15 Å². The molecule has 1 heterocycles. The number of nitrogens with zero attached hydrogens (tertiary/aromatic N) is 1. The first-order valence-corrected chi connectivity index (χ1v) is 5.04. The Hall–Kier alpha value is -0.820. The second-order valence-electron chi connectivity index (χ2n) is 2.27. The summed E-state index contributed by atoms with van der Waals surface area (Å²) in [5, 5.41) is -0.0777. The van der Waals surface area contributed by atoms with Crippen molar-refractivity contribution in [2.75, 3.05) is 0 Å². The van der Waals surface area contributed by atoms with E-state index in [0.29, 0.717) is 6.20 Å². The smallest absolute Gasteiger partial charge is 0.243 e. The van der Waals surface area contributed by atoms with Crippen molar-refractivity contribution in [2.24, 2.45) is 0 Å². The Kier molecular flexibility index (Phi) is 2.73. The lowest BCUT2D eigenvalue weighted by Gasteiger charge is -2.06. The Balaban J connectivity index is 3.25. The molecule has 0 saturated heterocycles. The lowest BCUT2D eigenvalue weighted by molar-refractivity contribution is -0.0436. The number of pyridine rings is 1. The van der Waals surface area contributed by atoms with Crippen LogP contribution in [-0.2, 0) is 9.84 Å². The topological polar surface area (TPSA) is 47.0 Å². The monoisotopic (exact) mass is 245 g/mol. The molecular formula is C6H3ClF3NO2S. The van der Waals surface area contributed by atoms with Crippen LogP contribution >= 0.6 is 11.6 Å². The third-order valence-corrected chi connectivity index (χ3v) is 3.01.